The van der Waals surface area contributed by atoms with E-state index in [2.05, 4.69) is 41.2 Å². The zero-order valence-electron chi connectivity index (χ0n) is 10.5. The minimum Gasteiger partial charge on any atom is -0.356 e. The largest absolute Gasteiger partial charge is 0.356 e. The Labute approximate surface area is 98.1 Å². The van der Waals surface area contributed by atoms with Crippen LogP contribution in [0.15, 0.2) is 12.1 Å². The Kier molecular flexibility index (Phi) is 5.78. The summed E-state index contributed by atoms with van der Waals surface area (Å²) in [5.41, 5.74) is 1.00. The van der Waals surface area contributed by atoms with E-state index in [9.17, 15) is 0 Å². The van der Waals surface area contributed by atoms with Gasteiger partial charge in [0.05, 0.1) is 5.69 Å². The van der Waals surface area contributed by atoms with Crippen molar-refractivity contribution >= 4 is 5.82 Å². The number of nitrogens with one attached hydrogen (secondary N) is 1. The van der Waals surface area contributed by atoms with Crippen LogP contribution in [0.1, 0.15) is 32.9 Å². The predicted molar refractivity (Wildman–Crippen MR) is 67.6 cm³/mol. The van der Waals surface area contributed by atoms with E-state index in [1.54, 1.807) is 0 Å². The van der Waals surface area contributed by atoms with Crippen LogP contribution in [-0.2, 0) is 6.54 Å². The van der Waals surface area contributed by atoms with Gasteiger partial charge in [-0.05, 0) is 38.9 Å². The molecule has 0 atom stereocenters. The van der Waals surface area contributed by atoms with Crippen molar-refractivity contribution in [1.29, 1.82) is 0 Å². The molecule has 1 rings (SSSR count). The lowest BCUT2D eigenvalue weighted by molar-refractivity contribution is 0.655. The summed E-state index contributed by atoms with van der Waals surface area (Å²) in [6.07, 6.45) is 1.14. The summed E-state index contributed by atoms with van der Waals surface area (Å²) in [6.45, 7) is 10.2. The highest BCUT2D eigenvalue weighted by Gasteiger charge is 2.03. The van der Waals surface area contributed by atoms with Gasteiger partial charge >= 0.3 is 0 Å². The molecular weight excluding hydrogens is 200 g/mol. The van der Waals surface area contributed by atoms with Gasteiger partial charge in [0.15, 0.2) is 5.82 Å². The minimum atomic E-state index is 0.805. The topological polar surface area (TPSA) is 41.0 Å². The average molecular weight is 222 g/mol. The van der Waals surface area contributed by atoms with E-state index >= 15 is 0 Å². The smallest absolute Gasteiger partial charge is 0.151 e. The van der Waals surface area contributed by atoms with Gasteiger partial charge in [-0.2, -0.15) is 5.10 Å². The lowest BCUT2D eigenvalue weighted by Gasteiger charge is -2.18. The fraction of sp³-hybridized carbons (Fsp3) is 0.667. The molecule has 16 heavy (non-hydrogen) atoms. The number of hydrogen-bond donors (Lipinski definition) is 1. The molecule has 4 nitrogen and oxygen atoms in total. The first-order chi connectivity index (χ1) is 7.81. The number of rotatable bonds is 7. The molecule has 1 aromatic rings. The van der Waals surface area contributed by atoms with Gasteiger partial charge in [0.2, 0.25) is 0 Å². The van der Waals surface area contributed by atoms with Crippen molar-refractivity contribution in [3.8, 4) is 0 Å². The van der Waals surface area contributed by atoms with Crippen LogP contribution in [0.4, 0.5) is 5.82 Å². The van der Waals surface area contributed by atoms with Crippen molar-refractivity contribution in [2.45, 2.75) is 33.7 Å². The predicted octanol–water partition coefficient (Wildman–Crippen LogP) is 1.82. The normalized spacial score (nSPS) is 10.4. The highest BCUT2D eigenvalue weighted by molar-refractivity contribution is 5.36. The molecule has 0 unspecified atom stereocenters. The summed E-state index contributed by atoms with van der Waals surface area (Å²) < 4.78 is 0. The first-order valence-electron chi connectivity index (χ1n) is 6.10. The number of aromatic nitrogens is 2. The van der Waals surface area contributed by atoms with Gasteiger partial charge < -0.3 is 10.2 Å². The zero-order chi connectivity index (χ0) is 11.8. The number of anilines is 1. The van der Waals surface area contributed by atoms with E-state index in [1.807, 2.05) is 12.1 Å². The minimum absolute atomic E-state index is 0.805. The summed E-state index contributed by atoms with van der Waals surface area (Å²) in [4.78, 5) is 2.19. The maximum absolute atomic E-state index is 4.24. The van der Waals surface area contributed by atoms with Gasteiger partial charge in [-0.25, -0.2) is 0 Å². The Hall–Kier alpha value is -1.16. The highest BCUT2D eigenvalue weighted by atomic mass is 15.3. The number of nitrogens with zero attached hydrogens (tertiary/aromatic N) is 3. The fourth-order valence-corrected chi connectivity index (χ4v) is 1.56. The van der Waals surface area contributed by atoms with E-state index in [1.165, 1.54) is 0 Å². The molecule has 0 saturated heterocycles. The molecule has 0 aliphatic carbocycles. The lowest BCUT2D eigenvalue weighted by atomic mass is 10.3. The van der Waals surface area contributed by atoms with E-state index in [0.29, 0.717) is 0 Å². The van der Waals surface area contributed by atoms with Crippen LogP contribution in [0.2, 0.25) is 0 Å². The van der Waals surface area contributed by atoms with Crippen molar-refractivity contribution in [2.75, 3.05) is 24.5 Å². The van der Waals surface area contributed by atoms with Gasteiger partial charge in [-0.15, -0.1) is 5.10 Å². The third kappa shape index (κ3) is 3.77. The van der Waals surface area contributed by atoms with Gasteiger partial charge in [-0.1, -0.05) is 6.92 Å². The third-order valence-corrected chi connectivity index (χ3v) is 2.53. The van der Waals surface area contributed by atoms with Crippen LogP contribution in [-0.4, -0.2) is 29.8 Å². The Bertz CT molecular complexity index is 280. The van der Waals surface area contributed by atoms with E-state index in [0.717, 1.165) is 44.1 Å². The lowest BCUT2D eigenvalue weighted by Crippen LogP contribution is -2.23. The second-order valence-corrected chi connectivity index (χ2v) is 3.73. The third-order valence-electron chi connectivity index (χ3n) is 2.53. The molecule has 0 amide bonds. The summed E-state index contributed by atoms with van der Waals surface area (Å²) in [6, 6.07) is 4.09. The molecule has 0 aliphatic rings. The van der Waals surface area contributed by atoms with Crippen LogP contribution in [0.5, 0.6) is 0 Å². The van der Waals surface area contributed by atoms with Crippen LogP contribution >= 0.6 is 0 Å². The molecule has 0 bridgehead atoms. The Morgan fingerprint density at radius 1 is 1.12 bits per heavy atom. The maximum atomic E-state index is 4.24. The first kappa shape index (κ1) is 12.9. The molecule has 1 heterocycles. The second-order valence-electron chi connectivity index (χ2n) is 3.73. The summed E-state index contributed by atoms with van der Waals surface area (Å²) in [5.74, 6) is 0.962. The van der Waals surface area contributed by atoms with E-state index in [-0.39, 0.29) is 0 Å². The first-order valence-corrected chi connectivity index (χ1v) is 6.10. The molecule has 0 spiro atoms. The van der Waals surface area contributed by atoms with E-state index in [4.69, 9.17) is 0 Å². The molecule has 0 saturated carbocycles. The van der Waals surface area contributed by atoms with Crippen molar-refractivity contribution in [2.24, 2.45) is 0 Å². The molecule has 0 fully saturated rings. The summed E-state index contributed by atoms with van der Waals surface area (Å²) >= 11 is 0. The molecule has 1 N–H and O–H groups in total. The molecule has 0 aromatic carbocycles. The van der Waals surface area contributed by atoms with Gasteiger partial charge in [-0.3, -0.25) is 0 Å². The Balaban J connectivity index is 2.53. The summed E-state index contributed by atoms with van der Waals surface area (Å²) in [7, 11) is 0. The molecular formula is C12H22N4. The highest BCUT2D eigenvalue weighted by Crippen LogP contribution is 2.08. The van der Waals surface area contributed by atoms with Crippen LogP contribution in [0.25, 0.3) is 0 Å². The average Bonchev–Trinajstić information content (AvgIpc) is 2.33. The van der Waals surface area contributed by atoms with Crippen LogP contribution in [0.3, 0.4) is 0 Å². The molecule has 4 heteroatoms. The number of hydrogen-bond acceptors (Lipinski definition) is 4. The van der Waals surface area contributed by atoms with Crippen molar-refractivity contribution in [1.82, 2.24) is 15.5 Å². The molecule has 90 valence electrons. The van der Waals surface area contributed by atoms with Crippen molar-refractivity contribution in [3.05, 3.63) is 17.8 Å². The Morgan fingerprint density at radius 3 is 2.38 bits per heavy atom. The molecule has 1 aromatic heterocycles. The van der Waals surface area contributed by atoms with Crippen molar-refractivity contribution in [3.63, 3.8) is 0 Å². The quantitative estimate of drug-likeness (QED) is 0.715. The van der Waals surface area contributed by atoms with Gasteiger partial charge in [0.25, 0.3) is 0 Å². The van der Waals surface area contributed by atoms with Gasteiger partial charge in [0, 0.05) is 19.6 Å². The fourth-order valence-electron chi connectivity index (χ4n) is 1.56. The zero-order valence-corrected chi connectivity index (χ0v) is 10.5. The van der Waals surface area contributed by atoms with Crippen LogP contribution < -0.4 is 10.2 Å². The van der Waals surface area contributed by atoms with E-state index < -0.39 is 0 Å². The van der Waals surface area contributed by atoms with Gasteiger partial charge in [0.1, 0.15) is 0 Å². The van der Waals surface area contributed by atoms with Crippen molar-refractivity contribution < 1.29 is 0 Å². The summed E-state index contributed by atoms with van der Waals surface area (Å²) in [5, 5.41) is 11.8. The molecule has 0 radical (unpaired) electrons. The monoisotopic (exact) mass is 222 g/mol. The Morgan fingerprint density at radius 2 is 1.88 bits per heavy atom. The standard InChI is InChI=1S/C12H22N4/c1-4-9-13-10-11-7-8-12(15-14-11)16(5-2)6-3/h7-8,13H,4-6,9-10H2,1-3H3. The van der Waals surface area contributed by atoms with Crippen LogP contribution in [0, 0.1) is 0 Å². The maximum Gasteiger partial charge on any atom is 0.151 e. The molecule has 0 aliphatic heterocycles. The second kappa shape index (κ2) is 7.17. The SMILES string of the molecule is CCCNCc1ccc(N(CC)CC)nn1.